The van der Waals surface area contributed by atoms with Crippen LogP contribution < -0.4 is 0 Å². The second kappa shape index (κ2) is 8.90. The van der Waals surface area contributed by atoms with Gasteiger partial charge in [0.25, 0.3) is 0 Å². The Balaban J connectivity index is 1.14. The maximum absolute atomic E-state index is 2.43. The van der Waals surface area contributed by atoms with Crippen LogP contribution in [0.25, 0.3) is 76.5 Å². The largest absolute Gasteiger partial charge is 0.0616 e. The molecule has 8 aromatic carbocycles. The van der Waals surface area contributed by atoms with Crippen LogP contribution in [0.1, 0.15) is 25.0 Å². The van der Waals surface area contributed by atoms with Crippen molar-refractivity contribution in [2.24, 2.45) is 0 Å². The third-order valence-corrected chi connectivity index (χ3v) is 9.84. The van der Waals surface area contributed by atoms with Crippen LogP contribution in [0, 0.1) is 0 Å². The molecule has 0 heteroatoms. The van der Waals surface area contributed by atoms with Crippen molar-refractivity contribution in [3.63, 3.8) is 0 Å². The lowest BCUT2D eigenvalue weighted by atomic mass is 9.80. The number of rotatable bonds is 2. The van der Waals surface area contributed by atoms with E-state index in [1.807, 2.05) is 0 Å². The Morgan fingerprint density at radius 1 is 0.326 bits per heavy atom. The Hall–Kier alpha value is -5.20. The van der Waals surface area contributed by atoms with Gasteiger partial charge in [-0.3, -0.25) is 0 Å². The van der Waals surface area contributed by atoms with Crippen molar-refractivity contribution >= 4 is 43.1 Å². The summed E-state index contributed by atoms with van der Waals surface area (Å²) >= 11 is 0. The van der Waals surface area contributed by atoms with E-state index in [9.17, 15) is 0 Å². The van der Waals surface area contributed by atoms with Gasteiger partial charge in [0.2, 0.25) is 0 Å². The van der Waals surface area contributed by atoms with Crippen LogP contribution in [0.15, 0.2) is 146 Å². The molecule has 0 amide bonds. The highest BCUT2D eigenvalue weighted by Gasteiger charge is 2.35. The normalized spacial score (nSPS) is 13.5. The van der Waals surface area contributed by atoms with Crippen molar-refractivity contribution in [3.8, 4) is 33.4 Å². The van der Waals surface area contributed by atoms with Crippen molar-refractivity contribution in [3.05, 3.63) is 157 Å². The lowest BCUT2D eigenvalue weighted by Crippen LogP contribution is -2.15. The standard InChI is InChI=1S/C43H30/c1-43(2)41-25-33(31-17-15-29-13-11-27-7-3-5-9-35(27)39(29)23-31)19-21-37(41)38-22-20-34(26-42(38)43)32-18-16-30-14-12-28-8-4-6-10-36(28)40(30)24-32/h3-26H,1-2H3. The molecule has 1 aliphatic carbocycles. The van der Waals surface area contributed by atoms with Crippen molar-refractivity contribution in [1.29, 1.82) is 0 Å². The topological polar surface area (TPSA) is 0 Å². The van der Waals surface area contributed by atoms with Crippen LogP contribution in [0.4, 0.5) is 0 Å². The maximum Gasteiger partial charge on any atom is 0.0159 e. The molecule has 0 aliphatic heterocycles. The monoisotopic (exact) mass is 546 g/mol. The van der Waals surface area contributed by atoms with Gasteiger partial charge in [0.1, 0.15) is 0 Å². The molecule has 0 nitrogen and oxygen atoms in total. The van der Waals surface area contributed by atoms with Gasteiger partial charge in [-0.05, 0) is 112 Å². The number of benzene rings is 8. The molecular weight excluding hydrogens is 516 g/mol. The molecule has 0 N–H and O–H groups in total. The number of hydrogen-bond donors (Lipinski definition) is 0. The molecule has 0 radical (unpaired) electrons. The molecule has 0 saturated heterocycles. The quantitative estimate of drug-likeness (QED) is 0.189. The van der Waals surface area contributed by atoms with Crippen LogP contribution in [-0.4, -0.2) is 0 Å². The van der Waals surface area contributed by atoms with E-state index in [0.29, 0.717) is 0 Å². The second-order valence-electron chi connectivity index (χ2n) is 12.6. The van der Waals surface area contributed by atoms with Crippen LogP contribution in [0.5, 0.6) is 0 Å². The molecule has 43 heavy (non-hydrogen) atoms. The zero-order chi connectivity index (χ0) is 28.7. The SMILES string of the molecule is CC1(C)c2cc(-c3ccc4ccc5ccccc5c4c3)ccc2-c2ccc(-c3ccc4ccc5ccccc5c4c3)cc21. The van der Waals surface area contributed by atoms with E-state index in [-0.39, 0.29) is 5.41 Å². The minimum atomic E-state index is -0.0935. The summed E-state index contributed by atoms with van der Waals surface area (Å²) in [6.45, 7) is 4.76. The van der Waals surface area contributed by atoms with Gasteiger partial charge in [-0.2, -0.15) is 0 Å². The molecule has 0 aromatic heterocycles. The first-order valence-corrected chi connectivity index (χ1v) is 15.2. The van der Waals surface area contributed by atoms with E-state index in [2.05, 4.69) is 159 Å². The third-order valence-electron chi connectivity index (χ3n) is 9.84. The fraction of sp³-hybridized carbons (Fsp3) is 0.0698. The molecule has 0 bridgehead atoms. The molecule has 0 atom stereocenters. The summed E-state index contributed by atoms with van der Waals surface area (Å²) in [6.07, 6.45) is 0. The highest BCUT2D eigenvalue weighted by atomic mass is 14.4. The van der Waals surface area contributed by atoms with E-state index in [1.165, 1.54) is 87.6 Å². The Bertz CT molecular complexity index is 2250. The van der Waals surface area contributed by atoms with Gasteiger partial charge >= 0.3 is 0 Å². The Morgan fingerprint density at radius 3 is 1.14 bits per heavy atom. The van der Waals surface area contributed by atoms with Crippen molar-refractivity contribution in [1.82, 2.24) is 0 Å². The molecule has 0 saturated carbocycles. The van der Waals surface area contributed by atoms with Gasteiger partial charge in [-0.1, -0.05) is 135 Å². The fourth-order valence-electron chi connectivity index (χ4n) is 7.46. The molecule has 8 aromatic rings. The Kier molecular flexibility index (Phi) is 5.05. The van der Waals surface area contributed by atoms with E-state index in [0.717, 1.165) is 0 Å². The van der Waals surface area contributed by atoms with E-state index in [1.54, 1.807) is 0 Å². The zero-order valence-corrected chi connectivity index (χ0v) is 24.4. The van der Waals surface area contributed by atoms with Crippen LogP contribution in [0.2, 0.25) is 0 Å². The average Bonchev–Trinajstić information content (AvgIpc) is 3.29. The highest BCUT2D eigenvalue weighted by Crippen LogP contribution is 2.51. The first kappa shape index (κ1) is 24.4. The molecule has 9 rings (SSSR count). The lowest BCUT2D eigenvalue weighted by molar-refractivity contribution is 0.661. The van der Waals surface area contributed by atoms with E-state index < -0.39 is 0 Å². The molecule has 1 aliphatic rings. The van der Waals surface area contributed by atoms with E-state index in [4.69, 9.17) is 0 Å². The zero-order valence-electron chi connectivity index (χ0n) is 24.4. The first-order chi connectivity index (χ1) is 21.0. The van der Waals surface area contributed by atoms with Gasteiger partial charge in [0.15, 0.2) is 0 Å². The van der Waals surface area contributed by atoms with Crippen LogP contribution in [0.3, 0.4) is 0 Å². The highest BCUT2D eigenvalue weighted by molar-refractivity contribution is 6.10. The Labute approximate surface area is 251 Å². The second-order valence-corrected chi connectivity index (χ2v) is 12.6. The molecule has 0 spiro atoms. The fourth-order valence-corrected chi connectivity index (χ4v) is 7.46. The average molecular weight is 547 g/mol. The van der Waals surface area contributed by atoms with Crippen molar-refractivity contribution in [2.75, 3.05) is 0 Å². The van der Waals surface area contributed by atoms with Gasteiger partial charge in [0, 0.05) is 5.41 Å². The minimum absolute atomic E-state index is 0.0935. The van der Waals surface area contributed by atoms with Crippen molar-refractivity contribution < 1.29 is 0 Å². The van der Waals surface area contributed by atoms with Gasteiger partial charge < -0.3 is 0 Å². The van der Waals surface area contributed by atoms with E-state index >= 15 is 0 Å². The molecule has 202 valence electrons. The Morgan fingerprint density at radius 2 is 0.674 bits per heavy atom. The predicted molar refractivity (Wildman–Crippen MR) is 185 cm³/mol. The van der Waals surface area contributed by atoms with Crippen molar-refractivity contribution in [2.45, 2.75) is 19.3 Å². The summed E-state index contributed by atoms with van der Waals surface area (Å²) in [5.74, 6) is 0. The summed E-state index contributed by atoms with van der Waals surface area (Å²) < 4.78 is 0. The van der Waals surface area contributed by atoms with Crippen LogP contribution >= 0.6 is 0 Å². The molecule has 0 unspecified atom stereocenters. The summed E-state index contributed by atoms with van der Waals surface area (Å²) in [4.78, 5) is 0. The minimum Gasteiger partial charge on any atom is -0.0616 e. The predicted octanol–water partition coefficient (Wildman–Crippen LogP) is 11.9. The summed E-state index contributed by atoms with van der Waals surface area (Å²) in [5.41, 5.74) is 10.5. The van der Waals surface area contributed by atoms with Gasteiger partial charge in [-0.25, -0.2) is 0 Å². The van der Waals surface area contributed by atoms with Gasteiger partial charge in [-0.15, -0.1) is 0 Å². The molecular formula is C43H30. The van der Waals surface area contributed by atoms with Crippen LogP contribution in [-0.2, 0) is 5.41 Å². The molecule has 0 fully saturated rings. The third kappa shape index (κ3) is 3.63. The lowest BCUT2D eigenvalue weighted by Gasteiger charge is -2.23. The first-order valence-electron chi connectivity index (χ1n) is 15.2. The number of hydrogen-bond acceptors (Lipinski definition) is 0. The smallest absolute Gasteiger partial charge is 0.0159 e. The molecule has 0 heterocycles. The summed E-state index contributed by atoms with van der Waals surface area (Å²) in [7, 11) is 0. The van der Waals surface area contributed by atoms with Gasteiger partial charge in [0.05, 0.1) is 0 Å². The maximum atomic E-state index is 2.43. The number of fused-ring (bicyclic) bond motifs is 9. The summed E-state index contributed by atoms with van der Waals surface area (Å²) in [5, 5.41) is 10.4. The summed E-state index contributed by atoms with van der Waals surface area (Å²) in [6, 6.07) is 54.3.